The van der Waals surface area contributed by atoms with Gasteiger partial charge in [0.25, 0.3) is 0 Å². The lowest BCUT2D eigenvalue weighted by Gasteiger charge is -2.45. The Morgan fingerprint density at radius 1 is 1.21 bits per heavy atom. The van der Waals surface area contributed by atoms with Gasteiger partial charge in [-0.3, -0.25) is 9.69 Å². The Labute approximate surface area is 116 Å². The summed E-state index contributed by atoms with van der Waals surface area (Å²) in [6.07, 6.45) is 8.34. The summed E-state index contributed by atoms with van der Waals surface area (Å²) in [5.41, 5.74) is 0. The van der Waals surface area contributed by atoms with E-state index >= 15 is 0 Å². The molecular formula is C15H27N3O. The summed E-state index contributed by atoms with van der Waals surface area (Å²) in [4.78, 5) is 14.1. The maximum atomic E-state index is 11.3. The second kappa shape index (κ2) is 5.80. The minimum Gasteiger partial charge on any atom is -0.355 e. The molecule has 3 rings (SSSR count). The number of fused-ring (bicyclic) bond motifs is 2. The van der Waals surface area contributed by atoms with Crippen LogP contribution in [-0.2, 0) is 4.79 Å². The molecular weight excluding hydrogens is 238 g/mol. The zero-order valence-electron chi connectivity index (χ0n) is 12.0. The number of carbonyl (C=O) groups excluding carboxylic acids is 1. The third kappa shape index (κ3) is 2.79. The quantitative estimate of drug-likeness (QED) is 0.804. The Bertz CT molecular complexity index is 309. The Balaban J connectivity index is 1.58. The molecule has 3 aliphatic heterocycles. The van der Waals surface area contributed by atoms with Gasteiger partial charge in [-0.25, -0.2) is 0 Å². The second-order valence-electron chi connectivity index (χ2n) is 6.45. The summed E-state index contributed by atoms with van der Waals surface area (Å²) in [6, 6.07) is 2.84. The zero-order chi connectivity index (χ0) is 13.2. The van der Waals surface area contributed by atoms with Gasteiger partial charge in [-0.05, 0) is 45.1 Å². The molecule has 1 amide bonds. The van der Waals surface area contributed by atoms with Gasteiger partial charge in [0.15, 0.2) is 0 Å². The zero-order valence-corrected chi connectivity index (χ0v) is 12.0. The maximum absolute atomic E-state index is 11.3. The molecule has 0 aromatic carbocycles. The maximum Gasteiger partial charge on any atom is 0.220 e. The van der Waals surface area contributed by atoms with E-state index < -0.39 is 0 Å². The van der Waals surface area contributed by atoms with Crippen molar-refractivity contribution in [2.75, 3.05) is 13.1 Å². The van der Waals surface area contributed by atoms with Crippen molar-refractivity contribution in [3.63, 3.8) is 0 Å². The number of piperidine rings is 2. The van der Waals surface area contributed by atoms with Gasteiger partial charge < -0.3 is 10.6 Å². The molecule has 2 bridgehead atoms. The van der Waals surface area contributed by atoms with Crippen molar-refractivity contribution in [2.24, 2.45) is 0 Å². The number of hydrogen-bond acceptors (Lipinski definition) is 3. The summed E-state index contributed by atoms with van der Waals surface area (Å²) in [7, 11) is 0. The molecule has 19 heavy (non-hydrogen) atoms. The van der Waals surface area contributed by atoms with Crippen molar-refractivity contribution in [1.29, 1.82) is 0 Å². The highest BCUT2D eigenvalue weighted by atomic mass is 16.1. The van der Waals surface area contributed by atoms with Gasteiger partial charge >= 0.3 is 0 Å². The Kier molecular flexibility index (Phi) is 4.08. The van der Waals surface area contributed by atoms with E-state index in [0.717, 1.165) is 44.1 Å². The standard InChI is InChI=1S/C15H27N3O/c1-2-7-16-11-8-12-3-4-13(9-11)18(12)14-5-6-15(19)17-10-14/h11-14,16H,2-10H2,1H3,(H,17,19). The van der Waals surface area contributed by atoms with Gasteiger partial charge in [0, 0.05) is 37.1 Å². The molecule has 0 radical (unpaired) electrons. The third-order valence-electron chi connectivity index (χ3n) is 5.13. The van der Waals surface area contributed by atoms with Crippen molar-refractivity contribution in [3.05, 3.63) is 0 Å². The van der Waals surface area contributed by atoms with E-state index in [1.807, 2.05) is 0 Å². The number of amides is 1. The van der Waals surface area contributed by atoms with E-state index in [9.17, 15) is 4.79 Å². The van der Waals surface area contributed by atoms with Crippen molar-refractivity contribution >= 4 is 5.91 Å². The first-order valence-corrected chi connectivity index (χ1v) is 8.05. The van der Waals surface area contributed by atoms with Gasteiger partial charge in [0.05, 0.1) is 0 Å². The van der Waals surface area contributed by atoms with Crippen molar-refractivity contribution < 1.29 is 4.79 Å². The number of carbonyl (C=O) groups is 1. The van der Waals surface area contributed by atoms with Gasteiger partial charge in [-0.1, -0.05) is 6.92 Å². The van der Waals surface area contributed by atoms with Crippen LogP contribution in [0, 0.1) is 0 Å². The van der Waals surface area contributed by atoms with Gasteiger partial charge in [-0.2, -0.15) is 0 Å². The van der Waals surface area contributed by atoms with Crippen LogP contribution in [0.2, 0.25) is 0 Å². The van der Waals surface area contributed by atoms with E-state index in [4.69, 9.17) is 0 Å². The predicted molar refractivity (Wildman–Crippen MR) is 76.0 cm³/mol. The van der Waals surface area contributed by atoms with Crippen LogP contribution in [0.5, 0.6) is 0 Å². The molecule has 3 aliphatic rings. The number of nitrogens with one attached hydrogen (secondary N) is 2. The second-order valence-corrected chi connectivity index (χ2v) is 6.45. The van der Waals surface area contributed by atoms with Gasteiger partial charge in [0.1, 0.15) is 0 Å². The lowest BCUT2D eigenvalue weighted by molar-refractivity contribution is -0.123. The first-order chi connectivity index (χ1) is 9.28. The smallest absolute Gasteiger partial charge is 0.220 e. The number of nitrogens with zero attached hydrogens (tertiary/aromatic N) is 1. The molecule has 3 atom stereocenters. The molecule has 2 N–H and O–H groups in total. The van der Waals surface area contributed by atoms with Crippen LogP contribution in [0.15, 0.2) is 0 Å². The van der Waals surface area contributed by atoms with Crippen LogP contribution in [0.25, 0.3) is 0 Å². The molecule has 0 saturated carbocycles. The minimum absolute atomic E-state index is 0.239. The monoisotopic (exact) mass is 265 g/mol. The van der Waals surface area contributed by atoms with Crippen molar-refractivity contribution in [3.8, 4) is 0 Å². The molecule has 0 aromatic heterocycles. The first kappa shape index (κ1) is 13.4. The number of hydrogen-bond donors (Lipinski definition) is 2. The Hall–Kier alpha value is -0.610. The number of rotatable bonds is 4. The molecule has 3 unspecified atom stereocenters. The van der Waals surface area contributed by atoms with E-state index in [2.05, 4.69) is 22.5 Å². The molecule has 0 aliphatic carbocycles. The van der Waals surface area contributed by atoms with Crippen LogP contribution in [0.3, 0.4) is 0 Å². The fraction of sp³-hybridized carbons (Fsp3) is 0.933. The van der Waals surface area contributed by atoms with E-state index in [0.29, 0.717) is 6.04 Å². The largest absolute Gasteiger partial charge is 0.355 e. The van der Waals surface area contributed by atoms with Gasteiger partial charge in [0.2, 0.25) is 5.91 Å². The first-order valence-electron chi connectivity index (χ1n) is 8.05. The van der Waals surface area contributed by atoms with E-state index in [-0.39, 0.29) is 5.91 Å². The SMILES string of the molecule is CCCNC1CC2CCC(C1)N2C1CCC(=O)NC1. The molecule has 4 nitrogen and oxygen atoms in total. The van der Waals surface area contributed by atoms with E-state index in [1.54, 1.807) is 0 Å². The lowest BCUT2D eigenvalue weighted by atomic mass is 9.93. The Morgan fingerprint density at radius 3 is 2.53 bits per heavy atom. The molecule has 4 heteroatoms. The summed E-state index contributed by atoms with van der Waals surface area (Å²) in [6.45, 7) is 4.27. The fourth-order valence-corrected chi connectivity index (χ4v) is 4.30. The van der Waals surface area contributed by atoms with Crippen LogP contribution < -0.4 is 10.6 Å². The average molecular weight is 265 g/mol. The highest BCUT2D eigenvalue weighted by Crippen LogP contribution is 2.38. The molecule has 0 aromatic rings. The van der Waals surface area contributed by atoms with Crippen LogP contribution in [0.1, 0.15) is 51.9 Å². The summed E-state index contributed by atoms with van der Waals surface area (Å²) < 4.78 is 0. The summed E-state index contributed by atoms with van der Waals surface area (Å²) in [5.74, 6) is 0.239. The van der Waals surface area contributed by atoms with Crippen LogP contribution in [0.4, 0.5) is 0 Å². The normalized spacial score (nSPS) is 39.3. The summed E-state index contributed by atoms with van der Waals surface area (Å²) in [5, 5.41) is 6.75. The predicted octanol–water partition coefficient (Wildman–Crippen LogP) is 1.26. The van der Waals surface area contributed by atoms with Crippen molar-refractivity contribution in [1.82, 2.24) is 15.5 Å². The lowest BCUT2D eigenvalue weighted by Crippen LogP contribution is -2.57. The van der Waals surface area contributed by atoms with Crippen LogP contribution >= 0.6 is 0 Å². The average Bonchev–Trinajstić information content (AvgIpc) is 2.69. The molecule has 3 heterocycles. The Morgan fingerprint density at radius 2 is 1.95 bits per heavy atom. The molecule has 3 saturated heterocycles. The fourth-order valence-electron chi connectivity index (χ4n) is 4.30. The molecule has 0 spiro atoms. The third-order valence-corrected chi connectivity index (χ3v) is 5.13. The topological polar surface area (TPSA) is 44.4 Å². The van der Waals surface area contributed by atoms with E-state index in [1.165, 1.54) is 32.1 Å². The van der Waals surface area contributed by atoms with Crippen molar-refractivity contribution in [2.45, 2.75) is 76.0 Å². The highest BCUT2D eigenvalue weighted by molar-refractivity contribution is 5.76. The minimum atomic E-state index is 0.239. The summed E-state index contributed by atoms with van der Waals surface area (Å²) >= 11 is 0. The van der Waals surface area contributed by atoms with Crippen LogP contribution in [-0.4, -0.2) is 48.1 Å². The molecule has 108 valence electrons. The van der Waals surface area contributed by atoms with Gasteiger partial charge in [-0.15, -0.1) is 0 Å². The molecule has 3 fully saturated rings. The highest BCUT2D eigenvalue weighted by Gasteiger charge is 2.44.